The van der Waals surface area contributed by atoms with E-state index in [1.54, 1.807) is 0 Å². The zero-order chi connectivity index (χ0) is 18.9. The molecule has 0 bridgehead atoms. The lowest BCUT2D eigenvalue weighted by Gasteiger charge is -2.34. The van der Waals surface area contributed by atoms with Gasteiger partial charge in [0.15, 0.2) is 0 Å². The zero-order valence-electron chi connectivity index (χ0n) is 10.8. The predicted molar refractivity (Wildman–Crippen MR) is 49.9 cm³/mol. The van der Waals surface area contributed by atoms with Crippen molar-refractivity contribution in [1.82, 2.24) is 0 Å². The summed E-state index contributed by atoms with van der Waals surface area (Å²) in [7, 11) is -7.64. The number of alkyl halides is 9. The highest BCUT2D eigenvalue weighted by Gasteiger charge is 2.91. The Hall–Kier alpha value is -0.830. The van der Waals surface area contributed by atoms with Gasteiger partial charge >= 0.3 is 33.4 Å². The van der Waals surface area contributed by atoms with Crippen LogP contribution in [0.2, 0.25) is 0 Å². The maximum Gasteiger partial charge on any atom is 0.442 e. The molecule has 0 radical (unpaired) electrons. The van der Waals surface area contributed by atoms with E-state index in [9.17, 15) is 51.8 Å². The van der Waals surface area contributed by atoms with E-state index in [4.69, 9.17) is 0 Å². The van der Waals surface area contributed by atoms with E-state index in [2.05, 4.69) is 9.47 Å². The molecule has 4 nitrogen and oxygen atoms in total. The van der Waals surface area contributed by atoms with E-state index in [-0.39, 0.29) is 13.8 Å². The van der Waals surface area contributed by atoms with E-state index in [0.717, 1.165) is 0 Å². The largest absolute Gasteiger partial charge is 0.442 e. The number of hydrogen-bond donors (Lipinski definition) is 0. The molecule has 0 N–H and O–H groups in total. The molecule has 0 aromatic carbocycles. The molecule has 1 rings (SSSR count). The molecule has 0 saturated carbocycles. The minimum absolute atomic E-state index is 0.194. The Balaban J connectivity index is 3.57. The van der Waals surface area contributed by atoms with Crippen LogP contribution in [0.3, 0.4) is 0 Å². The summed E-state index contributed by atoms with van der Waals surface area (Å²) in [5.41, 5.74) is 0. The molecule has 0 spiro atoms. The molecule has 138 valence electrons. The van der Waals surface area contributed by atoms with Gasteiger partial charge in [-0.25, -0.2) is 8.78 Å². The van der Waals surface area contributed by atoms with Crippen molar-refractivity contribution in [2.45, 2.75) is 48.7 Å². The van der Waals surface area contributed by atoms with Crippen molar-refractivity contribution in [3.8, 4) is 0 Å². The average molecular weight is 388 g/mol. The summed E-state index contributed by atoms with van der Waals surface area (Å²) < 4.78 is 157. The molecule has 23 heavy (non-hydrogen) atoms. The van der Waals surface area contributed by atoms with Crippen LogP contribution >= 0.6 is 0 Å². The number of rotatable bonds is 4. The van der Waals surface area contributed by atoms with Crippen LogP contribution in [-0.4, -0.2) is 43.3 Å². The van der Waals surface area contributed by atoms with Crippen molar-refractivity contribution >= 4 is 10.2 Å². The minimum Gasteiger partial charge on any atom is -0.295 e. The van der Waals surface area contributed by atoms with Gasteiger partial charge in [-0.1, -0.05) is 3.89 Å². The molecule has 0 aromatic heterocycles. The second kappa shape index (κ2) is 4.62. The first-order valence-corrected chi connectivity index (χ1v) is 6.59. The summed E-state index contributed by atoms with van der Waals surface area (Å²) in [5.74, 6) is -22.4. The van der Waals surface area contributed by atoms with Crippen molar-refractivity contribution in [2.75, 3.05) is 0 Å². The number of ether oxygens (including phenoxy) is 2. The Morgan fingerprint density at radius 1 is 0.913 bits per heavy atom. The van der Waals surface area contributed by atoms with Gasteiger partial charge in [-0.15, -0.1) is 0 Å². The highest BCUT2D eigenvalue weighted by Crippen LogP contribution is 2.62. The highest BCUT2D eigenvalue weighted by atomic mass is 32.3. The quantitative estimate of drug-likeness (QED) is 0.549. The predicted octanol–water partition coefficient (Wildman–Crippen LogP) is 3.19. The van der Waals surface area contributed by atoms with Crippen molar-refractivity contribution in [3.63, 3.8) is 0 Å². The molecular weight excluding hydrogens is 382 g/mol. The van der Waals surface area contributed by atoms with Gasteiger partial charge in [-0.3, -0.25) is 9.47 Å². The van der Waals surface area contributed by atoms with Gasteiger partial charge in [0.25, 0.3) is 5.92 Å². The summed E-state index contributed by atoms with van der Waals surface area (Å²) in [6.07, 6.45) is -6.18. The first-order chi connectivity index (χ1) is 9.66. The fraction of sp³-hybridized carbons (Fsp3) is 1.00. The maximum atomic E-state index is 13.8. The Kier molecular flexibility index (Phi) is 4.06. The first kappa shape index (κ1) is 20.2. The molecule has 1 aliphatic heterocycles. The number of hydrogen-bond acceptors (Lipinski definition) is 4. The van der Waals surface area contributed by atoms with Gasteiger partial charge in [-0.05, 0) is 6.92 Å². The normalized spacial score (nSPS) is 33.0. The summed E-state index contributed by atoms with van der Waals surface area (Å²) in [6.45, 7) is -0.461. The average Bonchev–Trinajstić information content (AvgIpc) is 2.43. The Morgan fingerprint density at radius 2 is 1.30 bits per heavy atom. The van der Waals surface area contributed by atoms with Crippen LogP contribution in [0.4, 0.5) is 43.4 Å². The Labute approximate surface area is 121 Å². The molecule has 0 aliphatic carbocycles. The van der Waals surface area contributed by atoms with Crippen molar-refractivity contribution in [1.29, 1.82) is 0 Å². The standard InChI is InChI=1S/C8H6F10O4S/c1-3(9,10)4(2)21-6(13,7(14,15)22-4)5(11,12)8(16,17)23(18,19)20/h1-2H3. The lowest BCUT2D eigenvalue weighted by Crippen LogP contribution is -2.65. The highest BCUT2D eigenvalue weighted by molar-refractivity contribution is 7.87. The third kappa shape index (κ3) is 2.47. The Morgan fingerprint density at radius 3 is 1.57 bits per heavy atom. The molecule has 1 aliphatic rings. The van der Waals surface area contributed by atoms with Crippen LogP contribution in [0.25, 0.3) is 0 Å². The first-order valence-electron chi connectivity index (χ1n) is 5.21. The van der Waals surface area contributed by atoms with Gasteiger partial charge in [0, 0.05) is 6.92 Å². The number of halogens is 10. The van der Waals surface area contributed by atoms with E-state index in [0.29, 0.717) is 0 Å². The smallest absolute Gasteiger partial charge is 0.295 e. The molecule has 2 atom stereocenters. The molecule has 2 unspecified atom stereocenters. The van der Waals surface area contributed by atoms with Crippen molar-refractivity contribution in [3.05, 3.63) is 0 Å². The molecule has 1 saturated heterocycles. The molecule has 0 aromatic rings. The van der Waals surface area contributed by atoms with Gasteiger partial charge < -0.3 is 0 Å². The van der Waals surface area contributed by atoms with E-state index < -0.39 is 45.1 Å². The second-order valence-electron chi connectivity index (χ2n) is 4.68. The lowest BCUT2D eigenvalue weighted by atomic mass is 10.1. The molecule has 1 heterocycles. The van der Waals surface area contributed by atoms with E-state index >= 15 is 0 Å². The second-order valence-corrected chi connectivity index (χ2v) is 6.07. The van der Waals surface area contributed by atoms with Crippen LogP contribution in [0, 0.1) is 0 Å². The van der Waals surface area contributed by atoms with E-state index in [1.807, 2.05) is 0 Å². The maximum absolute atomic E-state index is 13.8. The van der Waals surface area contributed by atoms with Crippen molar-refractivity contribution in [2.24, 2.45) is 0 Å². The Bertz CT molecular complexity index is 598. The fourth-order valence-electron chi connectivity index (χ4n) is 1.43. The summed E-state index contributed by atoms with van der Waals surface area (Å²) >= 11 is 0. The van der Waals surface area contributed by atoms with Gasteiger partial charge in [-0.2, -0.15) is 39.2 Å². The third-order valence-corrected chi connectivity index (χ3v) is 3.77. The SMILES string of the molecule is CC(F)(F)C1(C)OC(F)(F)C(F)(C(F)(F)C(F)(F)S(=O)(=O)F)O1. The molecule has 0 amide bonds. The van der Waals surface area contributed by atoms with Crippen LogP contribution in [0.15, 0.2) is 0 Å². The third-order valence-electron chi connectivity index (χ3n) is 2.91. The summed E-state index contributed by atoms with van der Waals surface area (Å²) in [6, 6.07) is 0. The van der Waals surface area contributed by atoms with Gasteiger partial charge in [0.1, 0.15) is 0 Å². The lowest BCUT2D eigenvalue weighted by molar-refractivity contribution is -0.388. The minimum atomic E-state index is -7.64. The topological polar surface area (TPSA) is 52.6 Å². The van der Waals surface area contributed by atoms with Crippen LogP contribution < -0.4 is 0 Å². The molecule has 1 fully saturated rings. The fourth-order valence-corrected chi connectivity index (χ4v) is 1.86. The molecular formula is C8H6F10O4S. The van der Waals surface area contributed by atoms with Crippen LogP contribution in [0.1, 0.15) is 13.8 Å². The van der Waals surface area contributed by atoms with E-state index in [1.165, 1.54) is 0 Å². The van der Waals surface area contributed by atoms with Crippen LogP contribution in [0.5, 0.6) is 0 Å². The monoisotopic (exact) mass is 388 g/mol. The summed E-state index contributed by atoms with van der Waals surface area (Å²) in [5, 5.41) is -7.07. The zero-order valence-corrected chi connectivity index (χ0v) is 11.6. The van der Waals surface area contributed by atoms with Gasteiger partial charge in [0.05, 0.1) is 0 Å². The molecule has 15 heteroatoms. The van der Waals surface area contributed by atoms with Gasteiger partial charge in [0.2, 0.25) is 5.79 Å². The van der Waals surface area contributed by atoms with Crippen molar-refractivity contribution < 1.29 is 61.3 Å². The summed E-state index contributed by atoms with van der Waals surface area (Å²) in [4.78, 5) is 0. The van der Waals surface area contributed by atoms with Crippen LogP contribution in [-0.2, 0) is 19.7 Å².